The summed E-state index contributed by atoms with van der Waals surface area (Å²) in [5.74, 6) is 0.528. The second-order valence-corrected chi connectivity index (χ2v) is 4.48. The van der Waals surface area contributed by atoms with Crippen LogP contribution in [0.4, 0.5) is 5.69 Å². The van der Waals surface area contributed by atoms with Gasteiger partial charge in [-0.05, 0) is 59.0 Å². The minimum Gasteiger partial charge on any atom is -0.497 e. The standard InChI is InChI=1S/C15H13N5O2/c1-22-14-8-2-11(3-9-14)15(21)17-12-4-6-13(7-5-12)20-10-16-18-19-20/h2-10H,1H3,(H,17,21). The third-order valence-corrected chi connectivity index (χ3v) is 3.09. The number of amides is 1. The Hall–Kier alpha value is -3.22. The van der Waals surface area contributed by atoms with Gasteiger partial charge in [0.1, 0.15) is 12.1 Å². The number of hydrogen-bond acceptors (Lipinski definition) is 5. The van der Waals surface area contributed by atoms with E-state index in [1.165, 1.54) is 11.0 Å². The Morgan fingerprint density at radius 3 is 2.41 bits per heavy atom. The van der Waals surface area contributed by atoms with E-state index in [0.717, 1.165) is 5.69 Å². The monoisotopic (exact) mass is 295 g/mol. The molecule has 0 spiro atoms. The number of methoxy groups -OCH3 is 1. The molecular weight excluding hydrogens is 282 g/mol. The molecule has 3 rings (SSSR count). The van der Waals surface area contributed by atoms with Gasteiger partial charge in [0.2, 0.25) is 0 Å². The molecule has 0 aliphatic carbocycles. The maximum absolute atomic E-state index is 12.1. The molecule has 0 aliphatic rings. The van der Waals surface area contributed by atoms with E-state index in [1.807, 2.05) is 12.1 Å². The van der Waals surface area contributed by atoms with Gasteiger partial charge < -0.3 is 10.1 Å². The van der Waals surface area contributed by atoms with Crippen molar-refractivity contribution >= 4 is 11.6 Å². The predicted molar refractivity (Wildman–Crippen MR) is 80.1 cm³/mol. The van der Waals surface area contributed by atoms with Crippen LogP contribution in [0.15, 0.2) is 54.9 Å². The Kier molecular flexibility index (Phi) is 3.78. The average Bonchev–Trinajstić information content (AvgIpc) is 3.10. The summed E-state index contributed by atoms with van der Waals surface area (Å²) in [6.45, 7) is 0. The van der Waals surface area contributed by atoms with E-state index in [2.05, 4.69) is 20.8 Å². The van der Waals surface area contributed by atoms with Crippen molar-refractivity contribution in [2.75, 3.05) is 12.4 Å². The molecule has 0 saturated carbocycles. The number of aromatic nitrogens is 4. The quantitative estimate of drug-likeness (QED) is 0.795. The van der Waals surface area contributed by atoms with E-state index in [0.29, 0.717) is 17.0 Å². The van der Waals surface area contributed by atoms with Crippen LogP contribution in [-0.4, -0.2) is 33.2 Å². The first-order valence-corrected chi connectivity index (χ1v) is 6.55. The summed E-state index contributed by atoms with van der Waals surface area (Å²) in [5, 5.41) is 13.8. The lowest BCUT2D eigenvalue weighted by molar-refractivity contribution is 0.102. The summed E-state index contributed by atoms with van der Waals surface area (Å²) in [4.78, 5) is 12.1. The number of benzene rings is 2. The highest BCUT2D eigenvalue weighted by Gasteiger charge is 2.06. The van der Waals surface area contributed by atoms with E-state index >= 15 is 0 Å². The highest BCUT2D eigenvalue weighted by Crippen LogP contribution is 2.15. The Morgan fingerprint density at radius 1 is 1.09 bits per heavy atom. The van der Waals surface area contributed by atoms with Crippen LogP contribution in [0.5, 0.6) is 5.75 Å². The van der Waals surface area contributed by atoms with Gasteiger partial charge in [-0.25, -0.2) is 4.68 Å². The second-order valence-electron chi connectivity index (χ2n) is 4.48. The fourth-order valence-electron chi connectivity index (χ4n) is 1.92. The third kappa shape index (κ3) is 2.93. The lowest BCUT2D eigenvalue weighted by Gasteiger charge is -2.07. The van der Waals surface area contributed by atoms with Crippen molar-refractivity contribution < 1.29 is 9.53 Å². The van der Waals surface area contributed by atoms with Crippen LogP contribution >= 0.6 is 0 Å². The molecule has 0 aliphatic heterocycles. The van der Waals surface area contributed by atoms with Crippen LogP contribution in [0.25, 0.3) is 5.69 Å². The van der Waals surface area contributed by atoms with Crippen LogP contribution in [0.3, 0.4) is 0 Å². The van der Waals surface area contributed by atoms with Gasteiger partial charge in [-0.3, -0.25) is 4.79 Å². The van der Waals surface area contributed by atoms with E-state index in [1.54, 1.807) is 43.5 Å². The molecule has 7 heteroatoms. The van der Waals surface area contributed by atoms with Gasteiger partial charge in [0.05, 0.1) is 12.8 Å². The van der Waals surface area contributed by atoms with E-state index in [4.69, 9.17) is 4.74 Å². The van der Waals surface area contributed by atoms with Crippen molar-refractivity contribution in [3.63, 3.8) is 0 Å². The summed E-state index contributed by atoms with van der Waals surface area (Å²) in [6.07, 6.45) is 1.50. The molecule has 22 heavy (non-hydrogen) atoms. The maximum atomic E-state index is 12.1. The molecule has 7 nitrogen and oxygen atoms in total. The molecule has 1 amide bonds. The zero-order valence-electron chi connectivity index (χ0n) is 11.8. The summed E-state index contributed by atoms with van der Waals surface area (Å²) < 4.78 is 6.60. The Morgan fingerprint density at radius 2 is 1.82 bits per heavy atom. The predicted octanol–water partition coefficient (Wildman–Crippen LogP) is 1.92. The molecule has 2 aromatic carbocycles. The molecule has 1 N–H and O–H groups in total. The van der Waals surface area contributed by atoms with Gasteiger partial charge in [-0.15, -0.1) is 5.10 Å². The zero-order chi connectivity index (χ0) is 15.4. The van der Waals surface area contributed by atoms with Crippen LogP contribution in [0.1, 0.15) is 10.4 Å². The lowest BCUT2D eigenvalue weighted by Crippen LogP contribution is -2.11. The van der Waals surface area contributed by atoms with Gasteiger partial charge >= 0.3 is 0 Å². The first-order chi connectivity index (χ1) is 10.8. The normalized spacial score (nSPS) is 10.2. The zero-order valence-corrected chi connectivity index (χ0v) is 11.8. The highest BCUT2D eigenvalue weighted by atomic mass is 16.5. The number of anilines is 1. The number of nitrogens with zero attached hydrogens (tertiary/aromatic N) is 4. The third-order valence-electron chi connectivity index (χ3n) is 3.09. The molecule has 110 valence electrons. The summed E-state index contributed by atoms with van der Waals surface area (Å²) in [5.41, 5.74) is 2.07. The van der Waals surface area contributed by atoms with Crippen molar-refractivity contribution in [2.24, 2.45) is 0 Å². The first-order valence-electron chi connectivity index (χ1n) is 6.55. The highest BCUT2D eigenvalue weighted by molar-refractivity contribution is 6.04. The van der Waals surface area contributed by atoms with Crippen LogP contribution in [0.2, 0.25) is 0 Å². The fourth-order valence-corrected chi connectivity index (χ4v) is 1.92. The van der Waals surface area contributed by atoms with Gasteiger partial charge in [0, 0.05) is 11.3 Å². The summed E-state index contributed by atoms with van der Waals surface area (Å²) >= 11 is 0. The van der Waals surface area contributed by atoms with Gasteiger partial charge in [0.25, 0.3) is 5.91 Å². The van der Waals surface area contributed by atoms with Crippen LogP contribution in [0, 0.1) is 0 Å². The molecule has 0 bridgehead atoms. The molecule has 3 aromatic rings. The number of nitrogens with one attached hydrogen (secondary N) is 1. The molecule has 0 atom stereocenters. The minimum atomic E-state index is -0.183. The topological polar surface area (TPSA) is 81.9 Å². The maximum Gasteiger partial charge on any atom is 0.255 e. The van der Waals surface area contributed by atoms with Crippen molar-refractivity contribution in [3.8, 4) is 11.4 Å². The number of carbonyl (C=O) groups is 1. The van der Waals surface area contributed by atoms with Gasteiger partial charge in [-0.1, -0.05) is 0 Å². The number of tetrazole rings is 1. The number of ether oxygens (including phenoxy) is 1. The van der Waals surface area contributed by atoms with Crippen molar-refractivity contribution in [2.45, 2.75) is 0 Å². The van der Waals surface area contributed by atoms with Crippen molar-refractivity contribution in [1.82, 2.24) is 20.2 Å². The average molecular weight is 295 g/mol. The molecule has 1 aromatic heterocycles. The Labute approximate surface area is 126 Å². The van der Waals surface area contributed by atoms with E-state index in [9.17, 15) is 4.79 Å². The second kappa shape index (κ2) is 6.04. The van der Waals surface area contributed by atoms with Gasteiger partial charge in [0.15, 0.2) is 0 Å². The first kappa shape index (κ1) is 13.7. The molecule has 0 unspecified atom stereocenters. The minimum absolute atomic E-state index is 0.183. The number of hydrogen-bond donors (Lipinski definition) is 1. The Balaban J connectivity index is 1.71. The SMILES string of the molecule is COc1ccc(C(=O)Nc2ccc(-n3cnnn3)cc2)cc1. The summed E-state index contributed by atoms with van der Waals surface area (Å²) in [6, 6.07) is 14.1. The van der Waals surface area contributed by atoms with E-state index in [-0.39, 0.29) is 5.91 Å². The fraction of sp³-hybridized carbons (Fsp3) is 0.0667. The van der Waals surface area contributed by atoms with Crippen molar-refractivity contribution in [1.29, 1.82) is 0 Å². The Bertz CT molecular complexity index is 752. The molecule has 0 radical (unpaired) electrons. The molecule has 0 saturated heterocycles. The van der Waals surface area contributed by atoms with Crippen LogP contribution < -0.4 is 10.1 Å². The molecule has 0 fully saturated rings. The number of carbonyl (C=O) groups excluding carboxylic acids is 1. The summed E-state index contributed by atoms with van der Waals surface area (Å²) in [7, 11) is 1.58. The smallest absolute Gasteiger partial charge is 0.255 e. The van der Waals surface area contributed by atoms with Crippen molar-refractivity contribution in [3.05, 3.63) is 60.4 Å². The molecule has 1 heterocycles. The number of rotatable bonds is 4. The lowest BCUT2D eigenvalue weighted by atomic mass is 10.2. The largest absolute Gasteiger partial charge is 0.497 e. The van der Waals surface area contributed by atoms with Gasteiger partial charge in [-0.2, -0.15) is 0 Å². The van der Waals surface area contributed by atoms with E-state index < -0.39 is 0 Å². The molecular formula is C15H13N5O2. The van der Waals surface area contributed by atoms with Crippen LogP contribution in [-0.2, 0) is 0 Å².